The minimum atomic E-state index is -0.0580. The number of aromatic nitrogens is 3. The standard InChI is InChI=1S/C19H19N5O2/c1-12-4-2-3-5-15(12)21-19-23-17(22-18(20)24-19)11-10-16(26)13-6-8-14(25)9-7-13/h2-9,25H,10-11H2,1H3,(H3,20,21,22,23,24). The molecule has 0 bridgehead atoms. The summed E-state index contributed by atoms with van der Waals surface area (Å²) in [7, 11) is 0. The molecule has 0 saturated carbocycles. The second kappa shape index (κ2) is 7.60. The first-order valence-electron chi connectivity index (χ1n) is 8.16. The number of para-hydroxylation sites is 1. The molecular formula is C19H19N5O2. The van der Waals surface area contributed by atoms with Crippen molar-refractivity contribution in [3.63, 3.8) is 0 Å². The number of carbonyl (C=O) groups excluding carboxylic acids is 1. The normalized spacial score (nSPS) is 10.5. The van der Waals surface area contributed by atoms with Gasteiger partial charge in [-0.1, -0.05) is 18.2 Å². The van der Waals surface area contributed by atoms with Gasteiger partial charge in [0.1, 0.15) is 11.6 Å². The average molecular weight is 349 g/mol. The van der Waals surface area contributed by atoms with Crippen LogP contribution in [0.2, 0.25) is 0 Å². The van der Waals surface area contributed by atoms with E-state index in [9.17, 15) is 9.90 Å². The molecule has 7 nitrogen and oxygen atoms in total. The predicted molar refractivity (Wildman–Crippen MR) is 99.5 cm³/mol. The summed E-state index contributed by atoms with van der Waals surface area (Å²) >= 11 is 0. The zero-order valence-electron chi connectivity index (χ0n) is 14.3. The van der Waals surface area contributed by atoms with Crippen LogP contribution in [0.25, 0.3) is 0 Å². The number of rotatable bonds is 6. The molecule has 7 heteroatoms. The summed E-state index contributed by atoms with van der Waals surface area (Å²) in [6.07, 6.45) is 0.576. The fourth-order valence-corrected chi connectivity index (χ4v) is 2.46. The molecule has 0 amide bonds. The van der Waals surface area contributed by atoms with Gasteiger partial charge in [0.05, 0.1) is 0 Å². The molecular weight excluding hydrogens is 330 g/mol. The van der Waals surface area contributed by atoms with Gasteiger partial charge in [0.25, 0.3) is 0 Å². The summed E-state index contributed by atoms with van der Waals surface area (Å²) in [5.74, 6) is 0.957. The van der Waals surface area contributed by atoms with E-state index in [1.807, 2.05) is 31.2 Å². The van der Waals surface area contributed by atoms with Crippen LogP contribution in [0.3, 0.4) is 0 Å². The molecule has 1 heterocycles. The number of benzene rings is 2. The number of nitrogen functional groups attached to an aromatic ring is 1. The number of nitrogens with zero attached hydrogens (tertiary/aromatic N) is 3. The van der Waals surface area contributed by atoms with Crippen molar-refractivity contribution in [1.29, 1.82) is 0 Å². The van der Waals surface area contributed by atoms with Crippen molar-refractivity contribution in [2.45, 2.75) is 19.8 Å². The second-order valence-corrected chi connectivity index (χ2v) is 5.84. The van der Waals surface area contributed by atoms with Crippen LogP contribution in [-0.4, -0.2) is 25.8 Å². The Morgan fingerprint density at radius 2 is 1.81 bits per heavy atom. The van der Waals surface area contributed by atoms with E-state index >= 15 is 0 Å². The number of Topliss-reactive ketones (excluding diaryl/α,β-unsaturated/α-hetero) is 1. The number of hydrogen-bond donors (Lipinski definition) is 3. The van der Waals surface area contributed by atoms with E-state index in [-0.39, 0.29) is 23.9 Å². The number of nitrogens with two attached hydrogens (primary N) is 1. The van der Waals surface area contributed by atoms with Crippen LogP contribution in [0.1, 0.15) is 28.2 Å². The van der Waals surface area contributed by atoms with Crippen molar-refractivity contribution in [3.8, 4) is 5.75 Å². The van der Waals surface area contributed by atoms with Crippen LogP contribution in [-0.2, 0) is 6.42 Å². The molecule has 132 valence electrons. The lowest BCUT2D eigenvalue weighted by atomic mass is 10.1. The topological polar surface area (TPSA) is 114 Å². The minimum absolute atomic E-state index is 0.0580. The summed E-state index contributed by atoms with van der Waals surface area (Å²) in [6.45, 7) is 1.98. The van der Waals surface area contributed by atoms with E-state index in [0.717, 1.165) is 11.3 Å². The zero-order valence-corrected chi connectivity index (χ0v) is 14.3. The molecule has 0 aliphatic heterocycles. The smallest absolute Gasteiger partial charge is 0.232 e. The lowest BCUT2D eigenvalue weighted by Crippen LogP contribution is -2.09. The molecule has 0 aliphatic rings. The van der Waals surface area contributed by atoms with Gasteiger partial charge in [-0.25, -0.2) is 0 Å². The molecule has 0 unspecified atom stereocenters. The highest BCUT2D eigenvalue weighted by atomic mass is 16.3. The van der Waals surface area contributed by atoms with Crippen molar-refractivity contribution in [2.75, 3.05) is 11.1 Å². The Balaban J connectivity index is 1.70. The van der Waals surface area contributed by atoms with E-state index in [2.05, 4.69) is 20.3 Å². The molecule has 3 rings (SSSR count). The Bertz CT molecular complexity index is 925. The van der Waals surface area contributed by atoms with Crippen LogP contribution in [0.4, 0.5) is 17.6 Å². The van der Waals surface area contributed by atoms with Gasteiger partial charge >= 0.3 is 0 Å². The highest BCUT2D eigenvalue weighted by molar-refractivity contribution is 5.96. The first-order chi connectivity index (χ1) is 12.5. The number of phenolic OH excluding ortho intramolecular Hbond substituents is 1. The summed E-state index contributed by atoms with van der Waals surface area (Å²) in [6, 6.07) is 13.9. The molecule has 3 aromatic rings. The third-order valence-electron chi connectivity index (χ3n) is 3.86. The van der Waals surface area contributed by atoms with Gasteiger partial charge in [0.2, 0.25) is 11.9 Å². The number of hydrogen-bond acceptors (Lipinski definition) is 7. The van der Waals surface area contributed by atoms with Crippen LogP contribution < -0.4 is 11.1 Å². The molecule has 0 saturated heterocycles. The minimum Gasteiger partial charge on any atom is -0.508 e. The Kier molecular flexibility index (Phi) is 5.07. The lowest BCUT2D eigenvalue weighted by Gasteiger charge is -2.09. The maximum atomic E-state index is 12.2. The Labute approximate surface area is 151 Å². The van der Waals surface area contributed by atoms with E-state index in [1.165, 1.54) is 12.1 Å². The Morgan fingerprint density at radius 1 is 1.08 bits per heavy atom. The Hall–Kier alpha value is -3.48. The third kappa shape index (κ3) is 4.32. The number of anilines is 3. The van der Waals surface area contributed by atoms with Gasteiger partial charge in [-0.3, -0.25) is 4.79 Å². The van der Waals surface area contributed by atoms with Gasteiger partial charge in [-0.05, 0) is 42.8 Å². The lowest BCUT2D eigenvalue weighted by molar-refractivity contribution is 0.0982. The van der Waals surface area contributed by atoms with Gasteiger partial charge in [-0.2, -0.15) is 15.0 Å². The van der Waals surface area contributed by atoms with Gasteiger partial charge in [0.15, 0.2) is 5.78 Å². The van der Waals surface area contributed by atoms with E-state index < -0.39 is 0 Å². The maximum Gasteiger partial charge on any atom is 0.232 e. The van der Waals surface area contributed by atoms with Crippen LogP contribution >= 0.6 is 0 Å². The fourth-order valence-electron chi connectivity index (χ4n) is 2.46. The highest BCUT2D eigenvalue weighted by Gasteiger charge is 2.10. The van der Waals surface area contributed by atoms with Crippen LogP contribution in [0.5, 0.6) is 5.75 Å². The van der Waals surface area contributed by atoms with E-state index in [0.29, 0.717) is 23.8 Å². The van der Waals surface area contributed by atoms with Gasteiger partial charge in [-0.15, -0.1) is 0 Å². The molecule has 4 N–H and O–H groups in total. The largest absolute Gasteiger partial charge is 0.508 e. The van der Waals surface area contributed by atoms with Crippen molar-refractivity contribution in [1.82, 2.24) is 15.0 Å². The first-order valence-corrected chi connectivity index (χ1v) is 8.16. The summed E-state index contributed by atoms with van der Waals surface area (Å²) in [4.78, 5) is 24.8. The number of phenols is 1. The molecule has 0 aliphatic carbocycles. The monoisotopic (exact) mass is 349 g/mol. The van der Waals surface area contributed by atoms with Crippen molar-refractivity contribution < 1.29 is 9.90 Å². The molecule has 1 aromatic heterocycles. The molecule has 26 heavy (non-hydrogen) atoms. The van der Waals surface area contributed by atoms with Gasteiger partial charge in [0, 0.05) is 24.1 Å². The number of aryl methyl sites for hydroxylation is 2. The predicted octanol–water partition coefficient (Wildman–Crippen LogP) is 3.03. The number of carbonyl (C=O) groups is 1. The number of aromatic hydroxyl groups is 1. The SMILES string of the molecule is Cc1ccccc1Nc1nc(N)nc(CCC(=O)c2ccc(O)cc2)n1. The van der Waals surface area contributed by atoms with Crippen molar-refractivity contribution in [3.05, 3.63) is 65.5 Å². The summed E-state index contributed by atoms with van der Waals surface area (Å²) < 4.78 is 0. The summed E-state index contributed by atoms with van der Waals surface area (Å²) in [5, 5.41) is 12.4. The fraction of sp³-hybridized carbons (Fsp3) is 0.158. The van der Waals surface area contributed by atoms with Crippen molar-refractivity contribution in [2.24, 2.45) is 0 Å². The quantitative estimate of drug-likeness (QED) is 0.586. The highest BCUT2D eigenvalue weighted by Crippen LogP contribution is 2.18. The third-order valence-corrected chi connectivity index (χ3v) is 3.86. The van der Waals surface area contributed by atoms with Crippen molar-refractivity contribution >= 4 is 23.4 Å². The maximum absolute atomic E-state index is 12.2. The molecule has 0 fully saturated rings. The number of ketones is 1. The number of nitrogens with one attached hydrogen (secondary N) is 1. The van der Waals surface area contributed by atoms with E-state index in [4.69, 9.17) is 5.73 Å². The molecule has 0 radical (unpaired) electrons. The molecule has 0 spiro atoms. The van der Waals surface area contributed by atoms with E-state index in [1.54, 1.807) is 12.1 Å². The molecule has 2 aromatic carbocycles. The molecule has 0 atom stereocenters. The second-order valence-electron chi connectivity index (χ2n) is 5.84. The summed E-state index contributed by atoms with van der Waals surface area (Å²) in [5.41, 5.74) is 8.23. The first kappa shape index (κ1) is 17.3. The Morgan fingerprint density at radius 3 is 2.54 bits per heavy atom. The zero-order chi connectivity index (χ0) is 18.5. The van der Waals surface area contributed by atoms with Crippen LogP contribution in [0, 0.1) is 6.92 Å². The van der Waals surface area contributed by atoms with Crippen LogP contribution in [0.15, 0.2) is 48.5 Å². The average Bonchev–Trinajstić information content (AvgIpc) is 2.62. The van der Waals surface area contributed by atoms with Gasteiger partial charge < -0.3 is 16.2 Å².